The second-order valence-corrected chi connectivity index (χ2v) is 7.72. The number of hydrogen-bond donors (Lipinski definition) is 2. The molecule has 0 saturated carbocycles. The van der Waals surface area contributed by atoms with Gasteiger partial charge < -0.3 is 9.32 Å². The molecule has 0 aliphatic carbocycles. The van der Waals surface area contributed by atoms with Crippen molar-refractivity contribution in [3.8, 4) is 0 Å². The molecular weight excluding hydrogens is 358 g/mol. The second-order valence-electron chi connectivity index (χ2n) is 6.04. The number of benzene rings is 2. The molecule has 3 aromatic rings. The van der Waals surface area contributed by atoms with Crippen molar-refractivity contribution >= 4 is 38.4 Å². The van der Waals surface area contributed by atoms with Crippen LogP contribution < -0.4 is 15.4 Å². The third-order valence-electron chi connectivity index (χ3n) is 4.31. The second kappa shape index (κ2) is 5.73. The highest BCUT2D eigenvalue weighted by atomic mass is 32.2. The van der Waals surface area contributed by atoms with E-state index in [4.69, 9.17) is 4.42 Å². The number of hydrogen-bond acceptors (Lipinski definition) is 5. The minimum absolute atomic E-state index is 0.0706. The summed E-state index contributed by atoms with van der Waals surface area (Å²) in [7, 11) is -3.82. The highest BCUT2D eigenvalue weighted by Crippen LogP contribution is 2.31. The number of H-pyrrole nitrogens is 1. The van der Waals surface area contributed by atoms with E-state index in [1.54, 1.807) is 23.1 Å². The molecule has 0 bridgehead atoms. The summed E-state index contributed by atoms with van der Waals surface area (Å²) in [5.41, 5.74) is 2.59. The first-order chi connectivity index (χ1) is 12.3. The molecule has 2 heterocycles. The average Bonchev–Trinajstić information content (AvgIpc) is 3.15. The van der Waals surface area contributed by atoms with Crippen LogP contribution in [-0.2, 0) is 21.2 Å². The van der Waals surface area contributed by atoms with Crippen LogP contribution >= 0.6 is 0 Å². The van der Waals surface area contributed by atoms with Crippen LogP contribution in [0.25, 0.3) is 11.1 Å². The molecule has 1 amide bonds. The molecule has 2 aromatic carbocycles. The van der Waals surface area contributed by atoms with Crippen molar-refractivity contribution in [3.63, 3.8) is 0 Å². The van der Waals surface area contributed by atoms with Gasteiger partial charge >= 0.3 is 5.76 Å². The number of anilines is 2. The Labute approximate surface area is 148 Å². The van der Waals surface area contributed by atoms with Gasteiger partial charge in [-0.2, -0.15) is 0 Å². The lowest BCUT2D eigenvalue weighted by Crippen LogP contribution is -2.25. The lowest BCUT2D eigenvalue weighted by molar-refractivity contribution is -0.116. The fourth-order valence-electron chi connectivity index (χ4n) is 3.10. The molecule has 0 fully saturated rings. The van der Waals surface area contributed by atoms with Gasteiger partial charge in [0, 0.05) is 25.2 Å². The molecule has 26 heavy (non-hydrogen) atoms. The summed E-state index contributed by atoms with van der Waals surface area (Å²) in [4.78, 5) is 27.0. The van der Waals surface area contributed by atoms with E-state index < -0.39 is 15.8 Å². The highest BCUT2D eigenvalue weighted by Gasteiger charge is 2.25. The fraction of sp³-hybridized carbons (Fsp3) is 0.176. The maximum atomic E-state index is 12.7. The normalized spacial score (nSPS) is 13.8. The predicted molar refractivity (Wildman–Crippen MR) is 95.8 cm³/mol. The smallest absolute Gasteiger partial charge is 0.408 e. The molecule has 0 unspecified atom stereocenters. The Morgan fingerprint density at radius 3 is 2.81 bits per heavy atom. The molecule has 0 saturated heterocycles. The summed E-state index contributed by atoms with van der Waals surface area (Å²) in [5, 5.41) is 0. The number of nitrogens with one attached hydrogen (secondary N) is 2. The van der Waals surface area contributed by atoms with Gasteiger partial charge in [-0.25, -0.2) is 13.2 Å². The standard InChI is InChI=1S/C17H15N3O5S/c1-10(21)20-7-6-11-8-13(3-5-15(11)20)26(23,24)19-12-2-4-14-16(9-12)25-17(22)18-14/h2-5,8-9,19H,6-7H2,1H3,(H,18,22). The Bertz CT molecular complexity index is 1190. The van der Waals surface area contributed by atoms with Gasteiger partial charge in [-0.3, -0.25) is 14.5 Å². The van der Waals surface area contributed by atoms with Crippen LogP contribution in [0.4, 0.5) is 11.4 Å². The van der Waals surface area contributed by atoms with Crippen molar-refractivity contribution in [2.24, 2.45) is 0 Å². The average molecular weight is 373 g/mol. The SMILES string of the molecule is CC(=O)N1CCc2cc(S(=O)(=O)Nc3ccc4[nH]c(=O)oc4c3)ccc21. The van der Waals surface area contributed by atoms with Crippen LogP contribution in [0.1, 0.15) is 12.5 Å². The van der Waals surface area contributed by atoms with E-state index in [0.717, 1.165) is 11.3 Å². The molecule has 134 valence electrons. The minimum atomic E-state index is -3.82. The van der Waals surface area contributed by atoms with E-state index in [1.807, 2.05) is 0 Å². The van der Waals surface area contributed by atoms with Gasteiger partial charge in [0.05, 0.1) is 16.1 Å². The van der Waals surface area contributed by atoms with Gasteiger partial charge in [0.15, 0.2) is 5.58 Å². The maximum Gasteiger partial charge on any atom is 0.417 e. The Morgan fingerprint density at radius 2 is 2.04 bits per heavy atom. The van der Waals surface area contributed by atoms with Gasteiger partial charge in [-0.15, -0.1) is 0 Å². The van der Waals surface area contributed by atoms with Gasteiger partial charge in [-0.05, 0) is 42.3 Å². The van der Waals surface area contributed by atoms with Gasteiger partial charge in [0.2, 0.25) is 5.91 Å². The van der Waals surface area contributed by atoms with Crippen molar-refractivity contribution in [3.05, 3.63) is 52.5 Å². The van der Waals surface area contributed by atoms with Gasteiger partial charge in [0.25, 0.3) is 10.0 Å². The molecule has 0 spiro atoms. The summed E-state index contributed by atoms with van der Waals surface area (Å²) in [5.74, 6) is -0.674. The molecule has 9 heteroatoms. The number of carbonyl (C=O) groups is 1. The van der Waals surface area contributed by atoms with Crippen molar-refractivity contribution in [2.75, 3.05) is 16.2 Å². The summed E-state index contributed by atoms with van der Waals surface area (Å²) < 4.78 is 32.7. The van der Waals surface area contributed by atoms with Crippen LogP contribution in [-0.4, -0.2) is 25.9 Å². The lowest BCUT2D eigenvalue weighted by Gasteiger charge is -2.15. The molecule has 8 nitrogen and oxygen atoms in total. The third-order valence-corrected chi connectivity index (χ3v) is 5.69. The molecule has 1 aliphatic rings. The third kappa shape index (κ3) is 2.76. The Hall–Kier alpha value is -3.07. The number of aromatic nitrogens is 1. The van der Waals surface area contributed by atoms with Crippen LogP contribution in [0.15, 0.2) is 50.5 Å². The Balaban J connectivity index is 1.66. The monoisotopic (exact) mass is 373 g/mol. The number of aromatic amines is 1. The number of nitrogens with zero attached hydrogens (tertiary/aromatic N) is 1. The summed E-state index contributed by atoms with van der Waals surface area (Å²) >= 11 is 0. The first-order valence-electron chi connectivity index (χ1n) is 7.90. The van der Waals surface area contributed by atoms with Crippen LogP contribution in [0.2, 0.25) is 0 Å². The van der Waals surface area contributed by atoms with E-state index in [-0.39, 0.29) is 22.1 Å². The van der Waals surface area contributed by atoms with E-state index in [9.17, 15) is 18.0 Å². The van der Waals surface area contributed by atoms with Crippen molar-refractivity contribution in [1.82, 2.24) is 4.98 Å². The van der Waals surface area contributed by atoms with E-state index in [1.165, 1.54) is 25.1 Å². The fourth-order valence-corrected chi connectivity index (χ4v) is 4.20. The molecule has 0 radical (unpaired) electrons. The molecule has 1 aromatic heterocycles. The Kier molecular flexibility index (Phi) is 3.62. The predicted octanol–water partition coefficient (Wildman–Crippen LogP) is 1.83. The largest absolute Gasteiger partial charge is 0.417 e. The van der Waals surface area contributed by atoms with Crippen molar-refractivity contribution < 1.29 is 17.6 Å². The quantitative estimate of drug-likeness (QED) is 0.727. The lowest BCUT2D eigenvalue weighted by atomic mass is 10.2. The van der Waals surface area contributed by atoms with E-state index >= 15 is 0 Å². The number of fused-ring (bicyclic) bond motifs is 2. The van der Waals surface area contributed by atoms with Gasteiger partial charge in [-0.1, -0.05) is 0 Å². The minimum Gasteiger partial charge on any atom is -0.408 e. The molecule has 4 rings (SSSR count). The number of carbonyl (C=O) groups excluding carboxylic acids is 1. The topological polar surface area (TPSA) is 112 Å². The Morgan fingerprint density at radius 1 is 1.23 bits per heavy atom. The summed E-state index contributed by atoms with van der Waals surface area (Å²) in [6, 6.07) is 9.23. The molecule has 0 atom stereocenters. The maximum absolute atomic E-state index is 12.7. The summed E-state index contributed by atoms with van der Waals surface area (Å²) in [6.45, 7) is 2.03. The number of amides is 1. The van der Waals surface area contributed by atoms with E-state index in [2.05, 4.69) is 9.71 Å². The zero-order valence-electron chi connectivity index (χ0n) is 13.8. The zero-order chi connectivity index (χ0) is 18.5. The van der Waals surface area contributed by atoms with E-state index in [0.29, 0.717) is 18.5 Å². The first-order valence-corrected chi connectivity index (χ1v) is 9.38. The molecule has 1 aliphatic heterocycles. The van der Waals surface area contributed by atoms with Gasteiger partial charge in [0.1, 0.15) is 0 Å². The van der Waals surface area contributed by atoms with Crippen molar-refractivity contribution in [1.29, 1.82) is 0 Å². The summed E-state index contributed by atoms with van der Waals surface area (Å²) in [6.07, 6.45) is 0.610. The number of sulfonamides is 1. The molecular formula is C17H15N3O5S. The van der Waals surface area contributed by atoms with Crippen LogP contribution in [0.3, 0.4) is 0 Å². The number of rotatable bonds is 3. The molecule has 2 N–H and O–H groups in total. The van der Waals surface area contributed by atoms with Crippen molar-refractivity contribution in [2.45, 2.75) is 18.2 Å². The first kappa shape index (κ1) is 16.4. The van der Waals surface area contributed by atoms with Crippen LogP contribution in [0.5, 0.6) is 0 Å². The highest BCUT2D eigenvalue weighted by molar-refractivity contribution is 7.92. The zero-order valence-corrected chi connectivity index (χ0v) is 14.6. The number of oxazole rings is 1. The van der Waals surface area contributed by atoms with Crippen LogP contribution in [0, 0.1) is 0 Å².